The maximum Gasteiger partial charge on any atom is 0.150 e. The van der Waals surface area contributed by atoms with Gasteiger partial charge in [-0.05, 0) is 18.9 Å². The lowest BCUT2D eigenvalue weighted by molar-refractivity contribution is -0.104. The number of carbonyl (C=O) groups excluding carboxylic acids is 1. The van der Waals surface area contributed by atoms with E-state index in [1.807, 2.05) is 19.9 Å². The van der Waals surface area contributed by atoms with Crippen LogP contribution >= 0.6 is 0 Å². The molecule has 0 fully saturated rings. The second kappa shape index (κ2) is 6.38. The van der Waals surface area contributed by atoms with Crippen LogP contribution in [0.5, 0.6) is 0 Å². The summed E-state index contributed by atoms with van der Waals surface area (Å²) < 4.78 is 0. The highest BCUT2D eigenvalue weighted by Crippen LogP contribution is 2.08. The minimum absolute atomic E-state index is 0.498. The van der Waals surface area contributed by atoms with Crippen LogP contribution in [-0.2, 0) is 4.79 Å². The van der Waals surface area contributed by atoms with Gasteiger partial charge in [0.1, 0.15) is 6.29 Å². The van der Waals surface area contributed by atoms with E-state index in [2.05, 4.69) is 6.58 Å². The largest absolute Gasteiger partial charge is 0.327 e. The molecule has 0 radical (unpaired) electrons. The Morgan fingerprint density at radius 1 is 1.54 bits per heavy atom. The summed E-state index contributed by atoms with van der Waals surface area (Å²) in [6, 6.07) is 0. The van der Waals surface area contributed by atoms with Gasteiger partial charge in [0.2, 0.25) is 0 Å². The lowest BCUT2D eigenvalue weighted by atomic mass is 10.1. The van der Waals surface area contributed by atoms with Crippen LogP contribution in [0.4, 0.5) is 0 Å². The van der Waals surface area contributed by atoms with Crippen molar-refractivity contribution >= 4 is 6.29 Å². The quantitative estimate of drug-likeness (QED) is 0.398. The summed E-state index contributed by atoms with van der Waals surface area (Å²) in [5, 5.41) is 0. The third-order valence-electron chi connectivity index (χ3n) is 1.96. The fourth-order valence-corrected chi connectivity index (χ4v) is 0.884. The fraction of sp³-hybridized carbons (Fsp3) is 0.364. The molecular formula is C11H17NO. The molecule has 13 heavy (non-hydrogen) atoms. The Morgan fingerprint density at radius 3 is 2.46 bits per heavy atom. The minimum atomic E-state index is 0.498. The molecule has 0 saturated heterocycles. The number of nitrogens with two attached hydrogens (primary N) is 1. The predicted octanol–water partition coefficient (Wildman–Crippen LogP) is 1.98. The first kappa shape index (κ1) is 11.8. The van der Waals surface area contributed by atoms with E-state index in [0.717, 1.165) is 23.9 Å². The van der Waals surface area contributed by atoms with Crippen molar-refractivity contribution in [2.24, 2.45) is 5.73 Å². The Kier molecular flexibility index (Phi) is 5.81. The lowest BCUT2D eigenvalue weighted by Gasteiger charge is -2.01. The monoisotopic (exact) mass is 179 g/mol. The van der Waals surface area contributed by atoms with Crippen molar-refractivity contribution in [1.82, 2.24) is 0 Å². The van der Waals surface area contributed by atoms with Gasteiger partial charge in [-0.25, -0.2) is 0 Å². The van der Waals surface area contributed by atoms with E-state index in [0.29, 0.717) is 12.1 Å². The standard InChI is InChI=1S/C11H17NO/c1-4-9(3)11(8-13)6-10(5-2)7-12/h4,6,8H,1,5,7,12H2,2-3H3/b10-6-,11-9-. The van der Waals surface area contributed by atoms with Crippen molar-refractivity contribution in [2.45, 2.75) is 20.3 Å². The molecule has 0 bridgehead atoms. The number of carbonyl (C=O) groups is 1. The summed E-state index contributed by atoms with van der Waals surface area (Å²) in [5.41, 5.74) is 8.12. The molecule has 0 spiro atoms. The van der Waals surface area contributed by atoms with E-state index in [1.165, 1.54) is 0 Å². The molecule has 0 amide bonds. The maximum absolute atomic E-state index is 10.7. The summed E-state index contributed by atoms with van der Waals surface area (Å²) in [5.74, 6) is 0. The molecule has 0 aromatic rings. The Hall–Kier alpha value is -1.15. The Bertz CT molecular complexity index is 243. The molecule has 2 heteroatoms. The highest BCUT2D eigenvalue weighted by atomic mass is 16.1. The van der Waals surface area contributed by atoms with Gasteiger partial charge in [-0.3, -0.25) is 4.79 Å². The van der Waals surface area contributed by atoms with Gasteiger partial charge in [0, 0.05) is 12.1 Å². The summed E-state index contributed by atoms with van der Waals surface area (Å²) in [7, 11) is 0. The van der Waals surface area contributed by atoms with Crippen LogP contribution in [0, 0.1) is 0 Å². The first-order valence-corrected chi connectivity index (χ1v) is 4.37. The average molecular weight is 179 g/mol. The molecule has 0 aromatic heterocycles. The number of aldehydes is 1. The highest BCUT2D eigenvalue weighted by Gasteiger charge is 1.97. The van der Waals surface area contributed by atoms with Crippen LogP contribution in [0.15, 0.2) is 35.5 Å². The van der Waals surface area contributed by atoms with Crippen LogP contribution in [0.25, 0.3) is 0 Å². The van der Waals surface area contributed by atoms with E-state index in [9.17, 15) is 4.79 Å². The van der Waals surface area contributed by atoms with Crippen molar-refractivity contribution in [3.8, 4) is 0 Å². The number of allylic oxidation sites excluding steroid dienone is 4. The minimum Gasteiger partial charge on any atom is -0.327 e. The van der Waals surface area contributed by atoms with Gasteiger partial charge in [0.25, 0.3) is 0 Å². The molecule has 0 aliphatic rings. The van der Waals surface area contributed by atoms with E-state index < -0.39 is 0 Å². The van der Waals surface area contributed by atoms with Crippen LogP contribution in [0.2, 0.25) is 0 Å². The van der Waals surface area contributed by atoms with Crippen LogP contribution in [0.1, 0.15) is 20.3 Å². The third kappa shape index (κ3) is 3.85. The van der Waals surface area contributed by atoms with Crippen molar-refractivity contribution < 1.29 is 4.79 Å². The molecule has 0 aliphatic carbocycles. The third-order valence-corrected chi connectivity index (χ3v) is 1.96. The smallest absolute Gasteiger partial charge is 0.150 e. The van der Waals surface area contributed by atoms with Gasteiger partial charge in [-0.1, -0.05) is 31.2 Å². The van der Waals surface area contributed by atoms with Crippen molar-refractivity contribution in [2.75, 3.05) is 6.54 Å². The van der Waals surface area contributed by atoms with E-state index >= 15 is 0 Å². The average Bonchev–Trinajstić information content (AvgIpc) is 2.19. The molecule has 2 nitrogen and oxygen atoms in total. The van der Waals surface area contributed by atoms with Crippen LogP contribution < -0.4 is 5.73 Å². The molecule has 0 saturated carbocycles. The summed E-state index contributed by atoms with van der Waals surface area (Å²) in [4.78, 5) is 10.7. The molecule has 0 atom stereocenters. The molecule has 0 unspecified atom stereocenters. The normalized spacial score (nSPS) is 13.6. The zero-order chi connectivity index (χ0) is 10.3. The van der Waals surface area contributed by atoms with Crippen molar-refractivity contribution in [3.05, 3.63) is 35.5 Å². The second-order valence-electron chi connectivity index (χ2n) is 2.82. The van der Waals surface area contributed by atoms with Gasteiger partial charge >= 0.3 is 0 Å². The Labute approximate surface area is 79.8 Å². The van der Waals surface area contributed by atoms with Gasteiger partial charge in [-0.2, -0.15) is 0 Å². The number of rotatable bonds is 5. The van der Waals surface area contributed by atoms with Gasteiger partial charge in [0.15, 0.2) is 0 Å². The van der Waals surface area contributed by atoms with Gasteiger partial charge in [0.05, 0.1) is 0 Å². The molecule has 0 aromatic carbocycles. The molecule has 2 N–H and O–H groups in total. The zero-order valence-electron chi connectivity index (χ0n) is 8.34. The number of hydrogen-bond donors (Lipinski definition) is 1. The van der Waals surface area contributed by atoms with Crippen molar-refractivity contribution in [3.63, 3.8) is 0 Å². The van der Waals surface area contributed by atoms with Crippen LogP contribution in [0.3, 0.4) is 0 Å². The molecule has 0 aliphatic heterocycles. The van der Waals surface area contributed by atoms with E-state index in [4.69, 9.17) is 5.73 Å². The molecule has 72 valence electrons. The van der Waals surface area contributed by atoms with Gasteiger partial charge < -0.3 is 5.73 Å². The first-order valence-electron chi connectivity index (χ1n) is 4.37. The molecule has 0 rings (SSSR count). The summed E-state index contributed by atoms with van der Waals surface area (Å²) >= 11 is 0. The van der Waals surface area contributed by atoms with E-state index in [-0.39, 0.29) is 0 Å². The number of hydrogen-bond acceptors (Lipinski definition) is 2. The maximum atomic E-state index is 10.7. The van der Waals surface area contributed by atoms with Gasteiger partial charge in [-0.15, -0.1) is 0 Å². The van der Waals surface area contributed by atoms with Crippen molar-refractivity contribution in [1.29, 1.82) is 0 Å². The van der Waals surface area contributed by atoms with E-state index in [1.54, 1.807) is 6.08 Å². The Balaban J connectivity index is 4.90. The zero-order valence-corrected chi connectivity index (χ0v) is 8.34. The SMILES string of the molecule is C=C/C(C)=C(C=O)/C=C(/CC)CN. The van der Waals surface area contributed by atoms with Crippen LogP contribution in [-0.4, -0.2) is 12.8 Å². The Morgan fingerprint density at radius 2 is 2.15 bits per heavy atom. The first-order chi connectivity index (χ1) is 6.19. The highest BCUT2D eigenvalue weighted by molar-refractivity contribution is 5.79. The summed E-state index contributed by atoms with van der Waals surface area (Å²) in [6.07, 6.45) is 5.22. The molecule has 0 heterocycles. The lowest BCUT2D eigenvalue weighted by Crippen LogP contribution is -2.03. The predicted molar refractivity (Wildman–Crippen MR) is 56.4 cm³/mol. The second-order valence-corrected chi connectivity index (χ2v) is 2.82. The fourth-order valence-electron chi connectivity index (χ4n) is 0.884. The topological polar surface area (TPSA) is 43.1 Å². The molecular weight excluding hydrogens is 162 g/mol. The summed E-state index contributed by atoms with van der Waals surface area (Å²) in [6.45, 7) is 7.99.